The van der Waals surface area contributed by atoms with Gasteiger partial charge >= 0.3 is 0 Å². The van der Waals surface area contributed by atoms with E-state index in [4.69, 9.17) is 4.42 Å². The Balaban J connectivity index is 1.55. The second-order valence-corrected chi connectivity index (χ2v) is 5.56. The first-order valence-electron chi connectivity index (χ1n) is 6.87. The Morgan fingerprint density at radius 1 is 1.29 bits per heavy atom. The highest BCUT2D eigenvalue weighted by Crippen LogP contribution is 2.30. The maximum absolute atomic E-state index is 5.16. The zero-order valence-corrected chi connectivity index (χ0v) is 10.4. The minimum atomic E-state index is 0.709. The highest BCUT2D eigenvalue weighted by Gasteiger charge is 2.26. The average molecular weight is 234 g/mol. The van der Waals surface area contributed by atoms with Crippen LogP contribution < -0.4 is 5.32 Å². The predicted octanol–water partition coefficient (Wildman–Crippen LogP) is 2.24. The zero-order valence-electron chi connectivity index (χ0n) is 10.4. The van der Waals surface area contributed by atoms with E-state index in [1.807, 2.05) is 6.26 Å². The van der Waals surface area contributed by atoms with Gasteiger partial charge in [0.25, 0.3) is 0 Å². The monoisotopic (exact) mass is 234 g/mol. The highest BCUT2D eigenvalue weighted by atomic mass is 16.3. The Hall–Kier alpha value is -0.800. The van der Waals surface area contributed by atoms with Gasteiger partial charge < -0.3 is 9.73 Å². The number of hydrogen-bond donors (Lipinski definition) is 1. The first kappa shape index (κ1) is 11.3. The van der Waals surface area contributed by atoms with Crippen molar-refractivity contribution in [3.05, 3.63) is 24.2 Å². The lowest BCUT2D eigenvalue weighted by molar-refractivity contribution is 0.231. The van der Waals surface area contributed by atoms with Gasteiger partial charge in [0.2, 0.25) is 0 Å². The first-order chi connectivity index (χ1) is 8.40. The summed E-state index contributed by atoms with van der Waals surface area (Å²) in [6.07, 6.45) is 9.20. The van der Waals surface area contributed by atoms with Crippen LogP contribution in [0.25, 0.3) is 0 Å². The SMILES string of the molecule is c1cc(CN(CC2CC2)CC2CCCN2)co1. The van der Waals surface area contributed by atoms with Gasteiger partial charge in [0.15, 0.2) is 0 Å². The largest absolute Gasteiger partial charge is 0.472 e. The maximum Gasteiger partial charge on any atom is 0.0947 e. The van der Waals surface area contributed by atoms with Gasteiger partial charge in [-0.15, -0.1) is 0 Å². The molecule has 17 heavy (non-hydrogen) atoms. The van der Waals surface area contributed by atoms with Crippen LogP contribution in [0, 0.1) is 5.92 Å². The van der Waals surface area contributed by atoms with E-state index in [1.54, 1.807) is 6.26 Å². The molecular weight excluding hydrogens is 212 g/mol. The molecule has 1 saturated carbocycles. The standard InChI is InChI=1S/C14H22N2O/c1-2-14(15-6-1)10-16(8-12-3-4-12)9-13-5-7-17-11-13/h5,7,11-12,14-15H,1-4,6,8-10H2. The Morgan fingerprint density at radius 2 is 2.24 bits per heavy atom. The third-order valence-electron chi connectivity index (χ3n) is 3.84. The summed E-state index contributed by atoms with van der Waals surface area (Å²) in [5, 5.41) is 3.60. The van der Waals surface area contributed by atoms with E-state index in [0.717, 1.165) is 12.5 Å². The lowest BCUT2D eigenvalue weighted by Crippen LogP contribution is -2.38. The van der Waals surface area contributed by atoms with Gasteiger partial charge in [-0.3, -0.25) is 4.90 Å². The first-order valence-corrected chi connectivity index (χ1v) is 6.87. The predicted molar refractivity (Wildman–Crippen MR) is 67.7 cm³/mol. The molecule has 2 aliphatic rings. The van der Waals surface area contributed by atoms with Gasteiger partial charge in [-0.25, -0.2) is 0 Å². The van der Waals surface area contributed by atoms with Crippen molar-refractivity contribution in [3.63, 3.8) is 0 Å². The number of nitrogens with zero attached hydrogens (tertiary/aromatic N) is 1. The molecule has 94 valence electrons. The molecule has 0 aromatic carbocycles. The second-order valence-electron chi connectivity index (χ2n) is 5.56. The van der Waals surface area contributed by atoms with Crippen LogP contribution in [0.15, 0.2) is 23.0 Å². The van der Waals surface area contributed by atoms with E-state index in [1.165, 1.54) is 50.9 Å². The molecule has 0 radical (unpaired) electrons. The summed E-state index contributed by atoms with van der Waals surface area (Å²) < 4.78 is 5.16. The molecule has 1 aliphatic carbocycles. The van der Waals surface area contributed by atoms with Crippen LogP contribution in [0.5, 0.6) is 0 Å². The molecule has 2 heterocycles. The maximum atomic E-state index is 5.16. The second kappa shape index (κ2) is 5.23. The molecule has 3 heteroatoms. The summed E-state index contributed by atoms with van der Waals surface area (Å²) in [6.45, 7) is 4.71. The van der Waals surface area contributed by atoms with Crippen LogP contribution in [0.2, 0.25) is 0 Å². The van der Waals surface area contributed by atoms with Crippen LogP contribution in [0.3, 0.4) is 0 Å². The van der Waals surface area contributed by atoms with E-state index in [0.29, 0.717) is 6.04 Å². The Bertz CT molecular complexity index is 326. The molecule has 1 aliphatic heterocycles. The molecule has 1 aromatic rings. The summed E-state index contributed by atoms with van der Waals surface area (Å²) in [5.41, 5.74) is 1.31. The third kappa shape index (κ3) is 3.33. The molecule has 1 unspecified atom stereocenters. The van der Waals surface area contributed by atoms with Crippen molar-refractivity contribution in [1.82, 2.24) is 10.2 Å². The number of rotatable bonds is 6. The lowest BCUT2D eigenvalue weighted by Gasteiger charge is -2.25. The van der Waals surface area contributed by atoms with Crippen LogP contribution in [-0.4, -0.2) is 30.6 Å². The van der Waals surface area contributed by atoms with Crippen molar-refractivity contribution in [2.75, 3.05) is 19.6 Å². The molecule has 3 nitrogen and oxygen atoms in total. The van der Waals surface area contributed by atoms with Crippen molar-refractivity contribution in [1.29, 1.82) is 0 Å². The van der Waals surface area contributed by atoms with Crippen molar-refractivity contribution in [2.45, 2.75) is 38.3 Å². The summed E-state index contributed by atoms with van der Waals surface area (Å²) in [4.78, 5) is 2.60. The molecule has 0 amide bonds. The molecule has 0 spiro atoms. The third-order valence-corrected chi connectivity index (χ3v) is 3.84. The van der Waals surface area contributed by atoms with Gasteiger partial charge in [-0.2, -0.15) is 0 Å². The minimum absolute atomic E-state index is 0.709. The molecule has 1 aromatic heterocycles. The Morgan fingerprint density at radius 3 is 2.88 bits per heavy atom. The van der Waals surface area contributed by atoms with E-state index < -0.39 is 0 Å². The fraction of sp³-hybridized carbons (Fsp3) is 0.714. The van der Waals surface area contributed by atoms with E-state index >= 15 is 0 Å². The van der Waals surface area contributed by atoms with Crippen LogP contribution >= 0.6 is 0 Å². The smallest absolute Gasteiger partial charge is 0.0947 e. The quantitative estimate of drug-likeness (QED) is 0.818. The Labute approximate surface area is 103 Å². The molecule has 1 N–H and O–H groups in total. The minimum Gasteiger partial charge on any atom is -0.472 e. The number of furan rings is 1. The highest BCUT2D eigenvalue weighted by molar-refractivity contribution is 5.05. The van der Waals surface area contributed by atoms with Crippen molar-refractivity contribution >= 4 is 0 Å². The summed E-state index contributed by atoms with van der Waals surface area (Å²) in [5.74, 6) is 0.961. The lowest BCUT2D eigenvalue weighted by atomic mass is 10.2. The molecular formula is C14H22N2O. The van der Waals surface area contributed by atoms with Gasteiger partial charge in [-0.1, -0.05) is 0 Å². The molecule has 2 fully saturated rings. The average Bonchev–Trinajstić information content (AvgIpc) is 2.82. The topological polar surface area (TPSA) is 28.4 Å². The van der Waals surface area contributed by atoms with Gasteiger partial charge in [0.05, 0.1) is 12.5 Å². The fourth-order valence-electron chi connectivity index (χ4n) is 2.73. The fourth-order valence-corrected chi connectivity index (χ4v) is 2.73. The van der Waals surface area contributed by atoms with Crippen LogP contribution in [-0.2, 0) is 6.54 Å². The van der Waals surface area contributed by atoms with Gasteiger partial charge in [-0.05, 0) is 44.2 Å². The molecule has 1 atom stereocenters. The molecule has 3 rings (SSSR count). The zero-order chi connectivity index (χ0) is 11.5. The normalized spacial score (nSPS) is 24.6. The van der Waals surface area contributed by atoms with Crippen molar-refractivity contribution in [2.24, 2.45) is 5.92 Å². The van der Waals surface area contributed by atoms with E-state index in [2.05, 4.69) is 16.3 Å². The van der Waals surface area contributed by atoms with Crippen LogP contribution in [0.1, 0.15) is 31.2 Å². The summed E-state index contributed by atoms with van der Waals surface area (Å²) in [7, 11) is 0. The molecule has 0 bridgehead atoms. The molecule has 1 saturated heterocycles. The van der Waals surface area contributed by atoms with Gasteiger partial charge in [0, 0.05) is 31.2 Å². The summed E-state index contributed by atoms with van der Waals surface area (Å²) >= 11 is 0. The van der Waals surface area contributed by atoms with Crippen molar-refractivity contribution in [3.8, 4) is 0 Å². The van der Waals surface area contributed by atoms with Crippen LogP contribution in [0.4, 0.5) is 0 Å². The van der Waals surface area contributed by atoms with Crippen molar-refractivity contribution < 1.29 is 4.42 Å². The van der Waals surface area contributed by atoms with E-state index in [-0.39, 0.29) is 0 Å². The number of nitrogens with one attached hydrogen (secondary N) is 1. The Kier molecular flexibility index (Phi) is 3.48. The van der Waals surface area contributed by atoms with E-state index in [9.17, 15) is 0 Å². The van der Waals surface area contributed by atoms with Gasteiger partial charge in [0.1, 0.15) is 0 Å². The number of hydrogen-bond acceptors (Lipinski definition) is 3. The summed E-state index contributed by atoms with van der Waals surface area (Å²) in [6, 6.07) is 2.79.